The highest BCUT2D eigenvalue weighted by atomic mass is 32.1. The van der Waals surface area contributed by atoms with Crippen LogP contribution in [0.15, 0.2) is 28.7 Å². The van der Waals surface area contributed by atoms with Crippen molar-refractivity contribution in [3.05, 3.63) is 35.4 Å². The first-order valence-corrected chi connectivity index (χ1v) is 6.05. The predicted octanol–water partition coefficient (Wildman–Crippen LogP) is 2.13. The van der Waals surface area contributed by atoms with Crippen LogP contribution in [0.4, 0.5) is 13.2 Å². The molecule has 0 saturated heterocycles. The second kappa shape index (κ2) is 7.67. The third-order valence-electron chi connectivity index (χ3n) is 2.34. The van der Waals surface area contributed by atoms with Gasteiger partial charge in [-0.1, -0.05) is 0 Å². The Balaban J connectivity index is 2.65. The van der Waals surface area contributed by atoms with Crippen molar-refractivity contribution in [1.29, 1.82) is 0 Å². The van der Waals surface area contributed by atoms with E-state index in [2.05, 4.69) is 27.3 Å². The molecule has 0 atom stereocenters. The Morgan fingerprint density at radius 1 is 1.29 bits per heavy atom. The quantitative estimate of drug-likeness (QED) is 0.378. The molecule has 114 valence electrons. The minimum atomic E-state index is -4.32. The number of rotatable bonds is 5. The molecular formula is C12H11F3N2O3S. The van der Waals surface area contributed by atoms with Crippen LogP contribution in [0.25, 0.3) is 0 Å². The maximum absolute atomic E-state index is 11.9. The highest BCUT2D eigenvalue weighted by Gasteiger charge is 2.26. The highest BCUT2D eigenvalue weighted by molar-refractivity contribution is 7.79. The zero-order chi connectivity index (χ0) is 15.9. The van der Waals surface area contributed by atoms with Gasteiger partial charge in [0, 0.05) is 17.7 Å². The molecule has 21 heavy (non-hydrogen) atoms. The van der Waals surface area contributed by atoms with Crippen LogP contribution in [0.3, 0.4) is 0 Å². The summed E-state index contributed by atoms with van der Waals surface area (Å²) in [6.07, 6.45) is -5.41. The lowest BCUT2D eigenvalue weighted by Gasteiger charge is -2.08. The van der Waals surface area contributed by atoms with E-state index in [1.165, 1.54) is 24.3 Å². The van der Waals surface area contributed by atoms with E-state index in [4.69, 9.17) is 0 Å². The molecule has 9 heteroatoms. The fourth-order valence-corrected chi connectivity index (χ4v) is 1.54. The van der Waals surface area contributed by atoms with Gasteiger partial charge in [0.1, 0.15) is 0 Å². The van der Waals surface area contributed by atoms with Gasteiger partial charge in [0.25, 0.3) is 12.4 Å². The summed E-state index contributed by atoms with van der Waals surface area (Å²) in [5, 5.41) is 2.15. The predicted molar refractivity (Wildman–Crippen MR) is 72.1 cm³/mol. The fourth-order valence-electron chi connectivity index (χ4n) is 1.38. The van der Waals surface area contributed by atoms with Crippen molar-refractivity contribution < 1.29 is 27.5 Å². The zero-order valence-corrected chi connectivity index (χ0v) is 11.4. The molecule has 0 bridgehead atoms. The number of carbonyl (C=O) groups is 2. The van der Waals surface area contributed by atoms with Crippen molar-refractivity contribution in [2.75, 3.05) is 6.54 Å². The van der Waals surface area contributed by atoms with Crippen molar-refractivity contribution in [3.63, 3.8) is 0 Å². The summed E-state index contributed by atoms with van der Waals surface area (Å²) < 4.78 is 43.8. The van der Waals surface area contributed by atoms with E-state index < -0.39 is 25.0 Å². The number of thiol groups is 1. The number of benzene rings is 1. The van der Waals surface area contributed by atoms with Crippen LogP contribution in [-0.4, -0.2) is 31.0 Å². The van der Waals surface area contributed by atoms with Gasteiger partial charge in [0.2, 0.25) is 5.90 Å². The van der Waals surface area contributed by atoms with Gasteiger partial charge in [-0.25, -0.2) is 0 Å². The lowest BCUT2D eigenvalue weighted by atomic mass is 10.1. The van der Waals surface area contributed by atoms with Gasteiger partial charge in [-0.3, -0.25) is 9.59 Å². The Morgan fingerprint density at radius 2 is 1.86 bits per heavy atom. The number of hydrogen-bond acceptors (Lipinski definition) is 5. The average Bonchev–Trinajstić information content (AvgIpc) is 2.43. The van der Waals surface area contributed by atoms with Gasteiger partial charge in [-0.15, -0.1) is 0 Å². The normalized spacial score (nSPS) is 11.9. The molecule has 0 saturated carbocycles. The molecule has 5 nitrogen and oxygen atoms in total. The Hall–Kier alpha value is -2.03. The van der Waals surface area contributed by atoms with Crippen molar-refractivity contribution in [1.82, 2.24) is 5.32 Å². The first kappa shape index (κ1) is 17.0. The molecule has 0 aliphatic heterocycles. The summed E-state index contributed by atoms with van der Waals surface area (Å²) >= 11 is 3.62. The Labute approximate surface area is 123 Å². The largest absolute Gasteiger partial charge is 0.408 e. The molecule has 1 aromatic rings. The molecule has 0 spiro atoms. The molecule has 0 aromatic heterocycles. The van der Waals surface area contributed by atoms with E-state index in [0.717, 1.165) is 0 Å². The topological polar surface area (TPSA) is 67.8 Å². The second-order valence-electron chi connectivity index (χ2n) is 3.82. The molecule has 1 amide bonds. The van der Waals surface area contributed by atoms with Gasteiger partial charge in [-0.2, -0.15) is 17.6 Å². The van der Waals surface area contributed by atoms with Gasteiger partial charge in [-0.05, 0) is 37.1 Å². The summed E-state index contributed by atoms with van der Waals surface area (Å²) in [5.74, 6) is -0.691. The van der Waals surface area contributed by atoms with Gasteiger partial charge >= 0.3 is 6.18 Å². The van der Waals surface area contributed by atoms with Crippen LogP contribution in [0.5, 0.6) is 0 Å². The molecule has 0 aliphatic rings. The lowest BCUT2D eigenvalue weighted by molar-refractivity contribution is -0.133. The molecule has 1 N–H and O–H groups in total. The van der Waals surface area contributed by atoms with Crippen LogP contribution in [0.2, 0.25) is 0 Å². The van der Waals surface area contributed by atoms with E-state index in [1.807, 2.05) is 0 Å². The summed E-state index contributed by atoms with van der Waals surface area (Å²) in [4.78, 5) is 21.8. The minimum absolute atomic E-state index is 0.0580. The van der Waals surface area contributed by atoms with Gasteiger partial charge in [0.05, 0.1) is 6.42 Å². The first-order valence-electron chi connectivity index (χ1n) is 5.65. The monoisotopic (exact) mass is 320 g/mol. The number of hydrogen-bond donors (Lipinski definition) is 2. The third-order valence-corrected chi connectivity index (χ3v) is 2.52. The lowest BCUT2D eigenvalue weighted by Crippen LogP contribution is -2.27. The molecule has 0 aliphatic carbocycles. The van der Waals surface area contributed by atoms with Crippen molar-refractivity contribution >= 4 is 31.1 Å². The van der Waals surface area contributed by atoms with E-state index in [9.17, 15) is 22.8 Å². The number of ether oxygens (including phenoxy) is 1. The van der Waals surface area contributed by atoms with Crippen LogP contribution in [0, 0.1) is 0 Å². The molecule has 1 aromatic carbocycles. The smallest absolute Gasteiger partial charge is 0.390 e. The number of nitrogens with one attached hydrogen (secondary N) is 1. The second-order valence-corrected chi connectivity index (χ2v) is 4.02. The van der Waals surface area contributed by atoms with Crippen LogP contribution < -0.4 is 5.32 Å². The van der Waals surface area contributed by atoms with E-state index in [1.54, 1.807) is 0 Å². The molecule has 1 rings (SSSR count). The Bertz CT molecular complexity index is 530. The van der Waals surface area contributed by atoms with Crippen molar-refractivity contribution in [2.45, 2.75) is 12.6 Å². The average molecular weight is 320 g/mol. The van der Waals surface area contributed by atoms with Crippen molar-refractivity contribution in [2.24, 2.45) is 4.40 Å². The maximum atomic E-state index is 11.9. The minimum Gasteiger partial charge on any atom is -0.408 e. The Kier molecular flexibility index (Phi) is 6.22. The van der Waals surface area contributed by atoms with Crippen LogP contribution >= 0.6 is 12.8 Å². The molecule has 0 fully saturated rings. The van der Waals surface area contributed by atoms with Crippen LogP contribution in [0.1, 0.15) is 22.3 Å². The zero-order valence-electron chi connectivity index (χ0n) is 10.6. The van der Waals surface area contributed by atoms with E-state index in [-0.39, 0.29) is 17.9 Å². The summed E-state index contributed by atoms with van der Waals surface area (Å²) in [6, 6.07) is 5.59. The number of alkyl halides is 3. The first-order chi connectivity index (χ1) is 9.87. The van der Waals surface area contributed by atoms with Crippen LogP contribution in [-0.2, 0) is 9.53 Å². The molecule has 0 unspecified atom stereocenters. The standard InChI is InChI=1S/C12H11F3N2O3S/c13-12(14,15)5-6-16-10(19)8-1-3-9(4-2-8)11(17-21)20-7-18/h1-4,7,21H,5-6H2,(H,16,19)/b17-11-. The van der Waals surface area contributed by atoms with Gasteiger partial charge < -0.3 is 10.1 Å². The molecular weight excluding hydrogens is 309 g/mol. The third kappa shape index (κ3) is 5.86. The SMILES string of the molecule is O=CO/C(=N\S)c1ccc(C(=O)NCCC(F)(F)F)cc1. The molecule has 0 radical (unpaired) electrons. The summed E-state index contributed by atoms with van der Waals surface area (Å²) in [6.45, 7) is -0.325. The maximum Gasteiger partial charge on any atom is 0.390 e. The number of carbonyl (C=O) groups excluding carboxylic acids is 2. The molecule has 0 heterocycles. The number of nitrogens with zero attached hydrogens (tertiary/aromatic N) is 1. The fraction of sp³-hybridized carbons (Fsp3) is 0.250. The summed E-state index contributed by atoms with van der Waals surface area (Å²) in [7, 11) is 0. The highest BCUT2D eigenvalue weighted by Crippen LogP contribution is 2.18. The van der Waals surface area contributed by atoms with Gasteiger partial charge in [0.15, 0.2) is 0 Å². The van der Waals surface area contributed by atoms with Crippen molar-refractivity contribution in [3.8, 4) is 0 Å². The Morgan fingerprint density at radius 3 is 2.33 bits per heavy atom. The summed E-state index contributed by atoms with van der Waals surface area (Å²) in [5.41, 5.74) is 0.564. The van der Waals surface area contributed by atoms with E-state index in [0.29, 0.717) is 5.56 Å². The van der Waals surface area contributed by atoms with E-state index >= 15 is 0 Å². The number of amides is 1. The number of halogens is 3.